The molecule has 1 unspecified atom stereocenters. The molecule has 1 saturated carbocycles. The summed E-state index contributed by atoms with van der Waals surface area (Å²) in [5.74, 6) is 0.821. The molecular formula is C25H28O4. The van der Waals surface area contributed by atoms with Gasteiger partial charge in [-0.05, 0) is 54.9 Å². The van der Waals surface area contributed by atoms with Crippen LogP contribution in [0, 0.1) is 5.92 Å². The molecule has 0 aromatic heterocycles. The van der Waals surface area contributed by atoms with Gasteiger partial charge in [0.1, 0.15) is 30.2 Å². The number of rotatable bonds is 7. The fraction of sp³-hybridized carbons (Fsp3) is 0.440. The van der Waals surface area contributed by atoms with E-state index in [1.807, 2.05) is 42.5 Å². The van der Waals surface area contributed by atoms with E-state index in [4.69, 9.17) is 9.47 Å². The molecule has 2 aliphatic rings. The first kappa shape index (κ1) is 19.7. The molecule has 4 heteroatoms. The summed E-state index contributed by atoms with van der Waals surface area (Å²) < 4.78 is 11.7. The third kappa shape index (κ3) is 4.87. The van der Waals surface area contributed by atoms with Crippen molar-refractivity contribution in [1.82, 2.24) is 0 Å². The highest BCUT2D eigenvalue weighted by Gasteiger charge is 2.47. The number of carbonyl (C=O) groups is 2. The Bertz CT molecular complexity index is 819. The molecule has 29 heavy (non-hydrogen) atoms. The first-order valence-corrected chi connectivity index (χ1v) is 10.6. The minimum atomic E-state index is -0.606. The number of Topliss-reactive ketones (excluding diaryl/α,β-unsaturated/α-hetero) is 1. The molecule has 2 fully saturated rings. The topological polar surface area (TPSA) is 52.6 Å². The Hall–Kier alpha value is -2.62. The summed E-state index contributed by atoms with van der Waals surface area (Å²) in [6, 6.07) is 18.2. The van der Waals surface area contributed by atoms with Crippen LogP contribution in [-0.2, 0) is 27.4 Å². The van der Waals surface area contributed by atoms with Gasteiger partial charge in [0.05, 0.1) is 0 Å². The summed E-state index contributed by atoms with van der Waals surface area (Å²) in [5, 5.41) is 0. The number of benzene rings is 2. The van der Waals surface area contributed by atoms with Gasteiger partial charge in [-0.3, -0.25) is 9.59 Å². The molecule has 0 radical (unpaired) electrons. The largest absolute Gasteiger partial charge is 0.489 e. The number of hydrogen-bond acceptors (Lipinski definition) is 4. The maximum atomic E-state index is 12.2. The van der Waals surface area contributed by atoms with Crippen LogP contribution >= 0.6 is 0 Å². The van der Waals surface area contributed by atoms with Gasteiger partial charge in [0.15, 0.2) is 0 Å². The predicted molar refractivity (Wildman–Crippen MR) is 111 cm³/mol. The van der Waals surface area contributed by atoms with Gasteiger partial charge >= 0.3 is 5.97 Å². The quantitative estimate of drug-likeness (QED) is 0.490. The Morgan fingerprint density at radius 1 is 0.931 bits per heavy atom. The van der Waals surface area contributed by atoms with E-state index in [9.17, 15) is 9.59 Å². The van der Waals surface area contributed by atoms with Gasteiger partial charge in [-0.1, -0.05) is 55.3 Å². The highest BCUT2D eigenvalue weighted by molar-refractivity contribution is 5.98. The third-order valence-corrected chi connectivity index (χ3v) is 6.26. The Morgan fingerprint density at radius 3 is 2.34 bits per heavy atom. The van der Waals surface area contributed by atoms with Gasteiger partial charge in [0.25, 0.3) is 0 Å². The zero-order valence-electron chi connectivity index (χ0n) is 16.8. The molecule has 2 aromatic rings. The maximum Gasteiger partial charge on any atom is 0.313 e. The van der Waals surface area contributed by atoms with Crippen molar-refractivity contribution >= 4 is 11.8 Å². The van der Waals surface area contributed by atoms with E-state index in [1.54, 1.807) is 0 Å². The van der Waals surface area contributed by atoms with Crippen LogP contribution in [0.5, 0.6) is 5.75 Å². The van der Waals surface area contributed by atoms with E-state index >= 15 is 0 Å². The highest BCUT2D eigenvalue weighted by atomic mass is 16.6. The number of ether oxygens (including phenoxy) is 2. The molecule has 1 atom stereocenters. The average Bonchev–Trinajstić information content (AvgIpc) is 3.27. The molecule has 1 saturated heterocycles. The van der Waals surface area contributed by atoms with Crippen molar-refractivity contribution in [1.29, 1.82) is 0 Å². The van der Waals surface area contributed by atoms with E-state index in [-0.39, 0.29) is 18.2 Å². The van der Waals surface area contributed by atoms with Crippen LogP contribution in [0.25, 0.3) is 0 Å². The standard InChI is InChI=1S/C25H28O4/c26-22-16-24(27)29-25(17-22,21-8-4-5-9-21)15-14-19-10-12-23(13-11-19)28-18-20-6-2-1-3-7-20/h1-3,6-7,10-13,21H,4-5,8-9,14-18H2. The molecule has 1 aliphatic carbocycles. The van der Waals surface area contributed by atoms with Gasteiger partial charge < -0.3 is 9.47 Å². The molecule has 0 spiro atoms. The molecular weight excluding hydrogens is 364 g/mol. The van der Waals surface area contributed by atoms with Gasteiger partial charge in [-0.2, -0.15) is 0 Å². The van der Waals surface area contributed by atoms with Crippen LogP contribution in [0.2, 0.25) is 0 Å². The number of ketones is 1. The summed E-state index contributed by atoms with van der Waals surface area (Å²) in [6.07, 6.45) is 6.22. The molecule has 0 amide bonds. The molecule has 152 valence electrons. The van der Waals surface area contributed by atoms with Crippen LogP contribution in [-0.4, -0.2) is 17.4 Å². The second-order valence-corrected chi connectivity index (χ2v) is 8.33. The zero-order chi connectivity index (χ0) is 20.1. The first-order valence-electron chi connectivity index (χ1n) is 10.6. The minimum absolute atomic E-state index is 0.0257. The SMILES string of the molecule is O=C1CC(=O)OC(CCc2ccc(OCc3ccccc3)cc2)(C2CCCC2)C1. The number of aryl methyl sites for hydroxylation is 1. The van der Waals surface area contributed by atoms with E-state index in [0.717, 1.165) is 43.4 Å². The van der Waals surface area contributed by atoms with E-state index in [1.165, 1.54) is 5.56 Å². The lowest BCUT2D eigenvalue weighted by atomic mass is 9.76. The fourth-order valence-corrected chi connectivity index (χ4v) is 4.73. The summed E-state index contributed by atoms with van der Waals surface area (Å²) in [6.45, 7) is 0.545. The smallest absolute Gasteiger partial charge is 0.313 e. The van der Waals surface area contributed by atoms with Crippen LogP contribution in [0.1, 0.15) is 56.1 Å². The van der Waals surface area contributed by atoms with Gasteiger partial charge in [0, 0.05) is 6.42 Å². The first-order chi connectivity index (χ1) is 14.1. The van der Waals surface area contributed by atoms with Crippen LogP contribution < -0.4 is 4.74 Å². The van der Waals surface area contributed by atoms with Crippen LogP contribution in [0.15, 0.2) is 54.6 Å². The predicted octanol–water partition coefficient (Wildman–Crippen LogP) is 5.03. The van der Waals surface area contributed by atoms with Crippen molar-refractivity contribution in [3.63, 3.8) is 0 Å². The van der Waals surface area contributed by atoms with Crippen LogP contribution in [0.4, 0.5) is 0 Å². The molecule has 4 rings (SSSR count). The second kappa shape index (κ2) is 8.81. The number of carbonyl (C=O) groups excluding carboxylic acids is 2. The molecule has 1 heterocycles. The molecule has 0 bridgehead atoms. The van der Waals surface area contributed by atoms with Crippen LogP contribution in [0.3, 0.4) is 0 Å². The summed E-state index contributed by atoms with van der Waals surface area (Å²) in [7, 11) is 0. The third-order valence-electron chi connectivity index (χ3n) is 6.26. The van der Waals surface area contributed by atoms with Gasteiger partial charge in [-0.15, -0.1) is 0 Å². The summed E-state index contributed by atoms with van der Waals surface area (Å²) >= 11 is 0. The van der Waals surface area contributed by atoms with Crippen molar-refractivity contribution in [3.8, 4) is 5.75 Å². The molecule has 1 aliphatic heterocycles. The van der Waals surface area contributed by atoms with E-state index < -0.39 is 5.60 Å². The lowest BCUT2D eigenvalue weighted by Gasteiger charge is -2.41. The Kier molecular flexibility index (Phi) is 5.98. The lowest BCUT2D eigenvalue weighted by Crippen LogP contribution is -2.48. The number of hydrogen-bond donors (Lipinski definition) is 0. The van der Waals surface area contributed by atoms with Crippen molar-refractivity contribution in [3.05, 3.63) is 65.7 Å². The summed E-state index contributed by atoms with van der Waals surface area (Å²) in [4.78, 5) is 24.2. The monoisotopic (exact) mass is 392 g/mol. The lowest BCUT2D eigenvalue weighted by molar-refractivity contribution is -0.178. The number of cyclic esters (lactones) is 1. The Morgan fingerprint density at radius 2 is 1.66 bits per heavy atom. The maximum absolute atomic E-state index is 12.2. The van der Waals surface area contributed by atoms with Crippen molar-refractivity contribution in [2.45, 2.75) is 63.6 Å². The van der Waals surface area contributed by atoms with Crippen molar-refractivity contribution in [2.24, 2.45) is 5.92 Å². The second-order valence-electron chi connectivity index (χ2n) is 8.33. The molecule has 2 aromatic carbocycles. The van der Waals surface area contributed by atoms with Crippen molar-refractivity contribution < 1.29 is 19.1 Å². The zero-order valence-corrected chi connectivity index (χ0v) is 16.8. The van der Waals surface area contributed by atoms with E-state index in [0.29, 0.717) is 25.4 Å². The average molecular weight is 392 g/mol. The molecule has 4 nitrogen and oxygen atoms in total. The minimum Gasteiger partial charge on any atom is -0.489 e. The number of esters is 1. The Balaban J connectivity index is 1.38. The normalized spacial score (nSPS) is 22.5. The molecule has 0 N–H and O–H groups in total. The van der Waals surface area contributed by atoms with Gasteiger partial charge in [-0.25, -0.2) is 0 Å². The fourth-order valence-electron chi connectivity index (χ4n) is 4.73. The highest BCUT2D eigenvalue weighted by Crippen LogP contribution is 2.43. The Labute approximate surface area is 172 Å². The summed E-state index contributed by atoms with van der Waals surface area (Å²) in [5.41, 5.74) is 1.70. The van der Waals surface area contributed by atoms with E-state index in [2.05, 4.69) is 12.1 Å². The van der Waals surface area contributed by atoms with Crippen molar-refractivity contribution in [2.75, 3.05) is 0 Å². The van der Waals surface area contributed by atoms with Gasteiger partial charge in [0.2, 0.25) is 0 Å².